The van der Waals surface area contributed by atoms with E-state index in [2.05, 4.69) is 39.9 Å². The van der Waals surface area contributed by atoms with Crippen LogP contribution in [0.4, 0.5) is 0 Å². The Hall–Kier alpha value is -1.55. The minimum absolute atomic E-state index is 0.504. The third kappa shape index (κ3) is 6.48. The van der Waals surface area contributed by atoms with E-state index in [-0.39, 0.29) is 0 Å². The van der Waals surface area contributed by atoms with Gasteiger partial charge in [0.1, 0.15) is 0 Å². The van der Waals surface area contributed by atoms with Gasteiger partial charge in [0.2, 0.25) is 0 Å². The molecule has 0 atom stereocenters. The van der Waals surface area contributed by atoms with Crippen molar-refractivity contribution in [3.63, 3.8) is 0 Å². The van der Waals surface area contributed by atoms with Crippen molar-refractivity contribution >= 4 is 5.96 Å². The normalized spacial score (nSPS) is 16.5. The van der Waals surface area contributed by atoms with Crippen LogP contribution in [0.5, 0.6) is 0 Å². The predicted molar refractivity (Wildman–Crippen MR) is 92.1 cm³/mol. The second-order valence-corrected chi connectivity index (χ2v) is 5.82. The van der Waals surface area contributed by atoms with Gasteiger partial charge in [0.25, 0.3) is 0 Å². The van der Waals surface area contributed by atoms with E-state index in [1.165, 1.54) is 37.7 Å². The van der Waals surface area contributed by atoms with Crippen LogP contribution in [0.1, 0.15) is 44.1 Å². The number of rotatable bonds is 7. The molecular formula is C18H29N3O. The van der Waals surface area contributed by atoms with Crippen LogP contribution in [0, 0.1) is 0 Å². The number of guanidine groups is 1. The summed E-state index contributed by atoms with van der Waals surface area (Å²) < 4.78 is 5.93. The van der Waals surface area contributed by atoms with Gasteiger partial charge in [-0.25, -0.2) is 0 Å². The van der Waals surface area contributed by atoms with E-state index in [0.717, 1.165) is 32.1 Å². The minimum atomic E-state index is 0.504. The van der Waals surface area contributed by atoms with Gasteiger partial charge in [0.15, 0.2) is 5.96 Å². The Balaban J connectivity index is 1.54. The molecule has 0 heterocycles. The van der Waals surface area contributed by atoms with Crippen molar-refractivity contribution in [2.24, 2.45) is 4.99 Å². The van der Waals surface area contributed by atoms with Gasteiger partial charge in [-0.3, -0.25) is 4.99 Å². The largest absolute Gasteiger partial charge is 0.378 e. The van der Waals surface area contributed by atoms with E-state index in [0.29, 0.717) is 6.10 Å². The standard InChI is InChI=1S/C18H29N3O/c1-19-18(21-15-16-9-4-2-5-10-16)20-13-8-14-22-17-11-6-3-7-12-17/h2,4-5,9-10,17H,3,6-8,11-15H2,1H3,(H2,19,20,21). The first-order valence-electron chi connectivity index (χ1n) is 8.48. The van der Waals surface area contributed by atoms with Crippen molar-refractivity contribution in [1.82, 2.24) is 10.6 Å². The second-order valence-electron chi connectivity index (χ2n) is 5.82. The topological polar surface area (TPSA) is 45.7 Å². The van der Waals surface area contributed by atoms with Crippen molar-refractivity contribution in [1.29, 1.82) is 0 Å². The van der Waals surface area contributed by atoms with Gasteiger partial charge in [0, 0.05) is 26.7 Å². The van der Waals surface area contributed by atoms with Crippen LogP contribution in [-0.2, 0) is 11.3 Å². The maximum atomic E-state index is 5.93. The van der Waals surface area contributed by atoms with Crippen molar-refractivity contribution < 1.29 is 4.74 Å². The molecule has 1 aliphatic carbocycles. The summed E-state index contributed by atoms with van der Waals surface area (Å²) in [5.41, 5.74) is 1.26. The predicted octanol–water partition coefficient (Wildman–Crippen LogP) is 3.09. The van der Waals surface area contributed by atoms with Crippen LogP contribution < -0.4 is 10.6 Å². The molecule has 2 N–H and O–H groups in total. The molecule has 0 saturated heterocycles. The zero-order valence-corrected chi connectivity index (χ0v) is 13.7. The molecule has 0 radical (unpaired) electrons. The highest BCUT2D eigenvalue weighted by Crippen LogP contribution is 2.20. The molecule has 0 bridgehead atoms. The summed E-state index contributed by atoms with van der Waals surface area (Å²) in [4.78, 5) is 4.24. The van der Waals surface area contributed by atoms with Crippen LogP contribution in [0.2, 0.25) is 0 Å². The van der Waals surface area contributed by atoms with Gasteiger partial charge in [-0.15, -0.1) is 0 Å². The fourth-order valence-electron chi connectivity index (χ4n) is 2.76. The highest BCUT2D eigenvalue weighted by atomic mass is 16.5. The molecule has 0 spiro atoms. The van der Waals surface area contributed by atoms with Crippen LogP contribution in [0.15, 0.2) is 35.3 Å². The highest BCUT2D eigenvalue weighted by molar-refractivity contribution is 5.79. The first kappa shape index (κ1) is 16.8. The van der Waals surface area contributed by atoms with E-state index in [4.69, 9.17) is 4.74 Å². The lowest BCUT2D eigenvalue weighted by atomic mass is 9.98. The van der Waals surface area contributed by atoms with Gasteiger partial charge in [-0.05, 0) is 24.8 Å². The molecule has 1 aliphatic rings. The van der Waals surface area contributed by atoms with E-state index < -0.39 is 0 Å². The quantitative estimate of drug-likeness (QED) is 0.462. The van der Waals surface area contributed by atoms with E-state index in [1.807, 2.05) is 6.07 Å². The molecule has 1 aromatic rings. The Morgan fingerprint density at radius 3 is 2.64 bits per heavy atom. The van der Waals surface area contributed by atoms with Crippen molar-refractivity contribution in [2.75, 3.05) is 20.2 Å². The third-order valence-electron chi connectivity index (χ3n) is 4.05. The molecule has 4 nitrogen and oxygen atoms in total. The molecule has 0 amide bonds. The smallest absolute Gasteiger partial charge is 0.191 e. The Morgan fingerprint density at radius 1 is 1.14 bits per heavy atom. The molecule has 0 aliphatic heterocycles. The Labute approximate surface area is 134 Å². The summed E-state index contributed by atoms with van der Waals surface area (Å²) in [7, 11) is 1.80. The Bertz CT molecular complexity index is 427. The second kappa shape index (κ2) is 10.2. The summed E-state index contributed by atoms with van der Waals surface area (Å²) in [6, 6.07) is 10.4. The highest BCUT2D eigenvalue weighted by Gasteiger charge is 2.12. The summed E-state index contributed by atoms with van der Waals surface area (Å²) in [6.07, 6.45) is 8.05. The average molecular weight is 303 g/mol. The van der Waals surface area contributed by atoms with Gasteiger partial charge in [-0.1, -0.05) is 49.6 Å². The molecule has 1 fully saturated rings. The molecule has 122 valence electrons. The lowest BCUT2D eigenvalue weighted by molar-refractivity contribution is 0.0277. The van der Waals surface area contributed by atoms with Gasteiger partial charge in [0.05, 0.1) is 6.10 Å². The first-order chi connectivity index (χ1) is 10.9. The van der Waals surface area contributed by atoms with Gasteiger partial charge >= 0.3 is 0 Å². The van der Waals surface area contributed by atoms with Crippen LogP contribution in [0.3, 0.4) is 0 Å². The molecule has 1 saturated carbocycles. The zero-order valence-electron chi connectivity index (χ0n) is 13.7. The molecule has 1 aromatic carbocycles. The zero-order chi connectivity index (χ0) is 15.5. The number of hydrogen-bond donors (Lipinski definition) is 2. The lowest BCUT2D eigenvalue weighted by Crippen LogP contribution is -2.37. The molecule has 0 unspecified atom stereocenters. The monoisotopic (exact) mass is 303 g/mol. The SMILES string of the molecule is CN=C(NCCCOC1CCCCC1)NCc1ccccc1. The van der Waals surface area contributed by atoms with Crippen LogP contribution >= 0.6 is 0 Å². The van der Waals surface area contributed by atoms with Crippen LogP contribution in [-0.4, -0.2) is 32.3 Å². The van der Waals surface area contributed by atoms with Crippen molar-refractivity contribution in [3.05, 3.63) is 35.9 Å². The summed E-state index contributed by atoms with van der Waals surface area (Å²) in [5.74, 6) is 0.849. The fraction of sp³-hybridized carbons (Fsp3) is 0.611. The maximum absolute atomic E-state index is 5.93. The van der Waals surface area contributed by atoms with Gasteiger partial charge < -0.3 is 15.4 Å². The van der Waals surface area contributed by atoms with E-state index in [9.17, 15) is 0 Å². The number of nitrogens with zero attached hydrogens (tertiary/aromatic N) is 1. The number of hydrogen-bond acceptors (Lipinski definition) is 2. The fourth-order valence-corrected chi connectivity index (χ4v) is 2.76. The number of aliphatic imine (C=N–C) groups is 1. The molecule has 0 aromatic heterocycles. The summed E-state index contributed by atoms with van der Waals surface area (Å²) in [5, 5.41) is 6.66. The van der Waals surface area contributed by atoms with Crippen LogP contribution in [0.25, 0.3) is 0 Å². The van der Waals surface area contributed by atoms with E-state index in [1.54, 1.807) is 7.05 Å². The molecule has 2 rings (SSSR count). The lowest BCUT2D eigenvalue weighted by Gasteiger charge is -2.22. The Morgan fingerprint density at radius 2 is 1.91 bits per heavy atom. The minimum Gasteiger partial charge on any atom is -0.378 e. The first-order valence-corrected chi connectivity index (χ1v) is 8.48. The van der Waals surface area contributed by atoms with Crippen molar-refractivity contribution in [2.45, 2.75) is 51.2 Å². The maximum Gasteiger partial charge on any atom is 0.191 e. The Kier molecular flexibility index (Phi) is 7.81. The number of ether oxygens (including phenoxy) is 1. The molecule has 22 heavy (non-hydrogen) atoms. The third-order valence-corrected chi connectivity index (χ3v) is 4.05. The van der Waals surface area contributed by atoms with E-state index >= 15 is 0 Å². The summed E-state index contributed by atoms with van der Waals surface area (Å²) >= 11 is 0. The molecular weight excluding hydrogens is 274 g/mol. The van der Waals surface area contributed by atoms with Crippen molar-refractivity contribution in [3.8, 4) is 0 Å². The average Bonchev–Trinajstić information content (AvgIpc) is 2.59. The number of nitrogens with one attached hydrogen (secondary N) is 2. The summed E-state index contributed by atoms with van der Waals surface area (Å²) in [6.45, 7) is 2.52. The number of benzene rings is 1. The van der Waals surface area contributed by atoms with Gasteiger partial charge in [-0.2, -0.15) is 0 Å². The molecule has 4 heteroatoms.